The number of carbonyl (C=O) groups excluding carboxylic acids is 1. The van der Waals surface area contributed by atoms with E-state index in [1.807, 2.05) is 31.1 Å². The number of piperidine rings is 1. The lowest BCUT2D eigenvalue weighted by Crippen LogP contribution is -2.70. The van der Waals surface area contributed by atoms with Crippen LogP contribution in [0.15, 0.2) is 33.0 Å². The quantitative estimate of drug-likeness (QED) is 0.556. The van der Waals surface area contributed by atoms with Gasteiger partial charge >= 0.3 is 6.09 Å². The van der Waals surface area contributed by atoms with Gasteiger partial charge in [-0.1, -0.05) is 0 Å². The SMILES string of the molecule is CC(C)(C)OC(=O)N1C2CC1CN(c1nc3c(S(=O)(=O)CCO)ccc(-c4nccs4)c3o1)C2. The van der Waals surface area contributed by atoms with Crippen LogP contribution in [0, 0.1) is 0 Å². The van der Waals surface area contributed by atoms with Gasteiger partial charge in [-0.2, -0.15) is 4.98 Å². The molecule has 182 valence electrons. The third-order valence-corrected chi connectivity index (χ3v) is 8.45. The smallest absolute Gasteiger partial charge is 0.410 e. The predicted molar refractivity (Wildman–Crippen MR) is 127 cm³/mol. The second-order valence-electron chi connectivity index (χ2n) is 9.50. The Kier molecular flexibility index (Phi) is 5.57. The Hall–Kier alpha value is -2.70. The Morgan fingerprint density at radius 3 is 2.65 bits per heavy atom. The standard InChI is InChI=1S/C22H26N4O6S2/c1-22(2,3)32-21(28)26-13-10-14(26)12-25(11-13)20-24-17-16(34(29,30)9-7-27)5-4-15(18(17)31-20)19-23-6-8-33-19/h4-6,8,13-14,27H,7,9-12H2,1-3H3. The van der Waals surface area contributed by atoms with Crippen LogP contribution in [0.4, 0.5) is 10.8 Å². The molecule has 10 nitrogen and oxygen atoms in total. The molecule has 3 aliphatic heterocycles. The molecule has 0 radical (unpaired) electrons. The first-order chi connectivity index (χ1) is 16.1. The third-order valence-electron chi connectivity index (χ3n) is 5.92. The average Bonchev–Trinajstić information content (AvgIpc) is 3.42. The van der Waals surface area contributed by atoms with Crippen molar-refractivity contribution in [1.82, 2.24) is 14.9 Å². The fourth-order valence-electron chi connectivity index (χ4n) is 4.49. The lowest BCUT2D eigenvalue weighted by atomic mass is 9.88. The van der Waals surface area contributed by atoms with Crippen LogP contribution in [0.25, 0.3) is 21.7 Å². The number of oxazole rings is 1. The van der Waals surface area contributed by atoms with E-state index in [1.54, 1.807) is 17.2 Å². The van der Waals surface area contributed by atoms with Gasteiger partial charge in [0.2, 0.25) is 0 Å². The molecule has 2 bridgehead atoms. The predicted octanol–water partition coefficient (Wildman–Crippen LogP) is 2.92. The highest BCUT2D eigenvalue weighted by Crippen LogP contribution is 2.40. The molecule has 6 rings (SSSR count). The number of hydrogen-bond acceptors (Lipinski definition) is 10. The number of carbonyl (C=O) groups is 1. The summed E-state index contributed by atoms with van der Waals surface area (Å²) < 4.78 is 37.3. The van der Waals surface area contributed by atoms with Gasteiger partial charge in [0.25, 0.3) is 6.01 Å². The van der Waals surface area contributed by atoms with Gasteiger partial charge in [-0.15, -0.1) is 11.3 Å². The maximum Gasteiger partial charge on any atom is 0.410 e. The fourth-order valence-corrected chi connectivity index (χ4v) is 6.32. The number of thiazole rings is 1. The number of aliphatic hydroxyl groups excluding tert-OH is 1. The first kappa shape index (κ1) is 23.1. The molecule has 34 heavy (non-hydrogen) atoms. The average molecular weight is 507 g/mol. The highest BCUT2D eigenvalue weighted by molar-refractivity contribution is 7.91. The second kappa shape index (κ2) is 8.21. The van der Waals surface area contributed by atoms with E-state index >= 15 is 0 Å². The summed E-state index contributed by atoms with van der Waals surface area (Å²) in [5, 5.41) is 11.8. The topological polar surface area (TPSA) is 126 Å². The number of fused-ring (bicyclic) bond motifs is 3. The van der Waals surface area contributed by atoms with Crippen molar-refractivity contribution in [2.24, 2.45) is 0 Å². The Balaban J connectivity index is 1.49. The molecule has 3 aromatic rings. The third kappa shape index (κ3) is 4.03. The van der Waals surface area contributed by atoms with Crippen LogP contribution in [-0.2, 0) is 14.6 Å². The van der Waals surface area contributed by atoms with E-state index in [9.17, 15) is 18.3 Å². The molecule has 2 unspecified atom stereocenters. The zero-order chi connectivity index (χ0) is 24.3. The molecule has 12 heteroatoms. The first-order valence-corrected chi connectivity index (χ1v) is 13.5. The molecular weight excluding hydrogens is 480 g/mol. The molecule has 0 saturated carbocycles. The van der Waals surface area contributed by atoms with Gasteiger partial charge < -0.3 is 19.2 Å². The minimum atomic E-state index is -3.76. The van der Waals surface area contributed by atoms with Crippen molar-refractivity contribution in [1.29, 1.82) is 0 Å². The molecule has 5 heterocycles. The largest absolute Gasteiger partial charge is 0.444 e. The van der Waals surface area contributed by atoms with Gasteiger partial charge in [-0.3, -0.25) is 4.90 Å². The number of hydrogen-bond donors (Lipinski definition) is 1. The maximum absolute atomic E-state index is 12.8. The summed E-state index contributed by atoms with van der Waals surface area (Å²) in [7, 11) is -3.76. The molecule has 0 aliphatic carbocycles. The molecule has 1 N–H and O–H groups in total. The van der Waals surface area contributed by atoms with Crippen LogP contribution in [0.2, 0.25) is 0 Å². The van der Waals surface area contributed by atoms with Gasteiger partial charge in [-0.05, 0) is 39.3 Å². The number of ether oxygens (including phenoxy) is 1. The Bertz CT molecular complexity index is 1320. The molecule has 0 spiro atoms. The van der Waals surface area contributed by atoms with E-state index in [0.29, 0.717) is 35.3 Å². The van der Waals surface area contributed by atoms with E-state index in [2.05, 4.69) is 9.97 Å². The van der Waals surface area contributed by atoms with E-state index in [0.717, 1.165) is 6.42 Å². The number of benzene rings is 1. The zero-order valence-corrected chi connectivity index (χ0v) is 20.7. The summed E-state index contributed by atoms with van der Waals surface area (Å²) in [5.74, 6) is -0.403. The summed E-state index contributed by atoms with van der Waals surface area (Å²) in [5.41, 5.74) is 0.653. The molecule has 1 amide bonds. The van der Waals surface area contributed by atoms with E-state index in [4.69, 9.17) is 9.15 Å². The number of nitrogens with zero attached hydrogens (tertiary/aromatic N) is 4. The molecule has 1 aromatic carbocycles. The second-order valence-corrected chi connectivity index (χ2v) is 12.5. The Morgan fingerprint density at radius 2 is 2.03 bits per heavy atom. The van der Waals surface area contributed by atoms with Gasteiger partial charge in [0.05, 0.1) is 34.9 Å². The first-order valence-electron chi connectivity index (χ1n) is 11.0. The summed E-state index contributed by atoms with van der Waals surface area (Å²) in [6.45, 7) is 6.05. The minimum absolute atomic E-state index is 0.0180. The van der Waals surface area contributed by atoms with Gasteiger partial charge in [0, 0.05) is 24.7 Å². The van der Waals surface area contributed by atoms with E-state index in [1.165, 1.54) is 17.4 Å². The zero-order valence-electron chi connectivity index (χ0n) is 19.1. The Labute approximate surface area is 201 Å². The van der Waals surface area contributed by atoms with Crippen molar-refractivity contribution in [2.75, 3.05) is 30.3 Å². The summed E-state index contributed by atoms with van der Waals surface area (Å²) in [6.07, 6.45) is 2.22. The van der Waals surface area contributed by atoms with Crippen LogP contribution in [-0.4, -0.2) is 77.6 Å². The molecule has 3 fully saturated rings. The van der Waals surface area contributed by atoms with Gasteiger partial charge in [-0.25, -0.2) is 18.2 Å². The van der Waals surface area contributed by atoms with Crippen molar-refractivity contribution < 1.29 is 27.5 Å². The van der Waals surface area contributed by atoms with E-state index < -0.39 is 27.8 Å². The van der Waals surface area contributed by atoms with Gasteiger partial charge in [0.15, 0.2) is 15.4 Å². The summed E-state index contributed by atoms with van der Waals surface area (Å²) >= 11 is 1.41. The summed E-state index contributed by atoms with van der Waals surface area (Å²) in [6, 6.07) is 3.41. The highest BCUT2D eigenvalue weighted by atomic mass is 32.2. The number of sulfone groups is 1. The van der Waals surface area contributed by atoms with Crippen molar-refractivity contribution in [2.45, 2.75) is 49.8 Å². The lowest BCUT2D eigenvalue weighted by molar-refractivity contribution is -0.0386. The number of rotatable bonds is 5. The highest BCUT2D eigenvalue weighted by Gasteiger charge is 2.49. The Morgan fingerprint density at radius 1 is 1.29 bits per heavy atom. The van der Waals surface area contributed by atoms with Crippen molar-refractivity contribution in [3.8, 4) is 10.6 Å². The number of anilines is 1. The van der Waals surface area contributed by atoms with Crippen molar-refractivity contribution >= 4 is 44.4 Å². The normalized spacial score (nSPS) is 20.5. The maximum atomic E-state index is 12.8. The molecule has 2 aromatic heterocycles. The van der Waals surface area contributed by atoms with Crippen LogP contribution in [0.3, 0.4) is 0 Å². The molecule has 3 aliphatic rings. The number of aliphatic hydroxyl groups is 1. The molecular formula is C22H26N4O6S2. The van der Waals surface area contributed by atoms with Crippen LogP contribution >= 0.6 is 11.3 Å². The minimum Gasteiger partial charge on any atom is -0.444 e. The van der Waals surface area contributed by atoms with Crippen LogP contribution < -0.4 is 4.90 Å². The molecule has 3 saturated heterocycles. The van der Waals surface area contributed by atoms with Crippen LogP contribution in [0.1, 0.15) is 27.2 Å². The number of aromatic nitrogens is 2. The molecule has 2 atom stereocenters. The number of amides is 1. The van der Waals surface area contributed by atoms with Crippen LogP contribution in [0.5, 0.6) is 0 Å². The van der Waals surface area contributed by atoms with Crippen molar-refractivity contribution in [3.05, 3.63) is 23.7 Å². The fraction of sp³-hybridized carbons (Fsp3) is 0.500. The number of piperazine rings is 1. The van der Waals surface area contributed by atoms with E-state index in [-0.39, 0.29) is 28.6 Å². The van der Waals surface area contributed by atoms with Gasteiger partial charge in [0.1, 0.15) is 16.1 Å². The summed E-state index contributed by atoms with van der Waals surface area (Å²) in [4.78, 5) is 25.2. The monoisotopic (exact) mass is 506 g/mol. The van der Waals surface area contributed by atoms with Crippen molar-refractivity contribution in [3.63, 3.8) is 0 Å². The lowest BCUT2D eigenvalue weighted by Gasteiger charge is -2.55.